The summed E-state index contributed by atoms with van der Waals surface area (Å²) in [6.45, 7) is 0.602. The van der Waals surface area contributed by atoms with Crippen LogP contribution in [-0.2, 0) is 4.79 Å². The molecule has 1 spiro atoms. The minimum atomic E-state index is -0.854. The van der Waals surface area contributed by atoms with Crippen molar-refractivity contribution in [1.82, 2.24) is 0 Å². The molecular weight excluding hydrogens is 261 g/mol. The van der Waals surface area contributed by atoms with Gasteiger partial charge in [0.15, 0.2) is 0 Å². The maximum atomic E-state index is 12.0. The standard InChI is InChI=1S/C12H11Cl2NO2/c1-17-9-4-2-8(3-5-9)15-7-11(10(15)16)6-12(11,13)14/h2-5H,6-7H2,1H3. The van der Waals surface area contributed by atoms with E-state index in [1.165, 1.54) is 0 Å². The minimum absolute atomic E-state index is 0.0210. The Balaban J connectivity index is 1.78. The van der Waals surface area contributed by atoms with E-state index < -0.39 is 9.75 Å². The molecule has 0 radical (unpaired) electrons. The van der Waals surface area contributed by atoms with Gasteiger partial charge in [-0.1, -0.05) is 0 Å². The summed E-state index contributed by atoms with van der Waals surface area (Å²) in [5, 5.41) is 0. The van der Waals surface area contributed by atoms with E-state index in [1.807, 2.05) is 24.3 Å². The van der Waals surface area contributed by atoms with E-state index in [1.54, 1.807) is 12.0 Å². The van der Waals surface area contributed by atoms with Crippen LogP contribution in [0.1, 0.15) is 6.42 Å². The molecule has 3 rings (SSSR count). The fourth-order valence-electron chi connectivity index (χ4n) is 2.29. The first-order valence-electron chi connectivity index (χ1n) is 5.34. The van der Waals surface area contributed by atoms with Gasteiger partial charge in [0, 0.05) is 18.7 Å². The highest BCUT2D eigenvalue weighted by molar-refractivity contribution is 6.54. The van der Waals surface area contributed by atoms with Crippen LogP contribution in [0.3, 0.4) is 0 Å². The molecule has 2 aliphatic rings. The van der Waals surface area contributed by atoms with Crippen molar-refractivity contribution in [2.24, 2.45) is 5.41 Å². The predicted octanol–water partition coefficient (Wildman–Crippen LogP) is 2.61. The fourth-order valence-corrected chi connectivity index (χ4v) is 3.02. The molecule has 0 aromatic heterocycles. The average Bonchev–Trinajstić information content (AvgIpc) is 2.92. The number of hydrogen-bond acceptors (Lipinski definition) is 2. The molecule has 1 aliphatic carbocycles. The van der Waals surface area contributed by atoms with Gasteiger partial charge in [0.05, 0.1) is 7.11 Å². The van der Waals surface area contributed by atoms with Gasteiger partial charge >= 0.3 is 0 Å². The van der Waals surface area contributed by atoms with Gasteiger partial charge in [0.2, 0.25) is 5.91 Å². The van der Waals surface area contributed by atoms with Gasteiger partial charge in [0.1, 0.15) is 15.5 Å². The number of rotatable bonds is 2. The van der Waals surface area contributed by atoms with Crippen LogP contribution in [0.2, 0.25) is 0 Å². The van der Waals surface area contributed by atoms with Crippen LogP contribution in [0.15, 0.2) is 24.3 Å². The van der Waals surface area contributed by atoms with Crippen molar-refractivity contribution in [3.8, 4) is 5.75 Å². The Labute approximate surface area is 109 Å². The zero-order chi connectivity index (χ0) is 12.3. The summed E-state index contributed by atoms with van der Waals surface area (Å²) in [6.07, 6.45) is 0.564. The molecule has 90 valence electrons. The van der Waals surface area contributed by atoms with Crippen molar-refractivity contribution in [2.45, 2.75) is 10.8 Å². The lowest BCUT2D eigenvalue weighted by Gasteiger charge is -2.40. The number of hydrogen-bond donors (Lipinski definition) is 0. The zero-order valence-corrected chi connectivity index (χ0v) is 10.8. The molecule has 1 aliphatic heterocycles. The van der Waals surface area contributed by atoms with Crippen LogP contribution in [0.25, 0.3) is 0 Å². The van der Waals surface area contributed by atoms with E-state index in [-0.39, 0.29) is 5.91 Å². The van der Waals surface area contributed by atoms with E-state index in [9.17, 15) is 4.79 Å². The van der Waals surface area contributed by atoms with Crippen molar-refractivity contribution in [3.63, 3.8) is 0 Å². The fraction of sp³-hybridized carbons (Fsp3) is 0.417. The summed E-state index contributed by atoms with van der Waals surface area (Å²) >= 11 is 12.0. The number of amides is 1. The second-order valence-corrected chi connectivity index (χ2v) is 6.04. The van der Waals surface area contributed by atoms with Gasteiger partial charge in [-0.3, -0.25) is 4.79 Å². The van der Waals surface area contributed by atoms with Gasteiger partial charge < -0.3 is 9.64 Å². The van der Waals surface area contributed by atoms with E-state index in [4.69, 9.17) is 27.9 Å². The number of β-lactam (4-membered cyclic amide) rings is 1. The van der Waals surface area contributed by atoms with Crippen molar-refractivity contribution in [3.05, 3.63) is 24.3 Å². The van der Waals surface area contributed by atoms with E-state index in [0.29, 0.717) is 13.0 Å². The van der Waals surface area contributed by atoms with Crippen molar-refractivity contribution < 1.29 is 9.53 Å². The number of nitrogens with zero attached hydrogens (tertiary/aromatic N) is 1. The van der Waals surface area contributed by atoms with Crippen molar-refractivity contribution in [2.75, 3.05) is 18.6 Å². The zero-order valence-electron chi connectivity index (χ0n) is 9.24. The molecule has 1 saturated heterocycles. The van der Waals surface area contributed by atoms with Crippen molar-refractivity contribution >= 4 is 34.8 Å². The van der Waals surface area contributed by atoms with Gasteiger partial charge in [-0.25, -0.2) is 0 Å². The predicted molar refractivity (Wildman–Crippen MR) is 66.8 cm³/mol. The van der Waals surface area contributed by atoms with Crippen LogP contribution < -0.4 is 9.64 Å². The molecule has 1 unspecified atom stereocenters. The number of alkyl halides is 2. The number of halogens is 2. The molecule has 1 heterocycles. The summed E-state index contributed by atoms with van der Waals surface area (Å²) in [5.41, 5.74) is 0.341. The van der Waals surface area contributed by atoms with Crippen LogP contribution >= 0.6 is 23.2 Å². The number of anilines is 1. The molecule has 1 aromatic rings. The Morgan fingerprint density at radius 3 is 2.29 bits per heavy atom. The van der Waals surface area contributed by atoms with E-state index in [2.05, 4.69) is 0 Å². The maximum absolute atomic E-state index is 12.0. The third-order valence-corrected chi connectivity index (χ3v) is 4.56. The Morgan fingerprint density at radius 2 is 1.88 bits per heavy atom. The first-order chi connectivity index (χ1) is 8.00. The van der Waals surface area contributed by atoms with E-state index in [0.717, 1.165) is 11.4 Å². The van der Waals surface area contributed by atoms with Gasteiger partial charge in [-0.05, 0) is 24.3 Å². The quantitative estimate of drug-likeness (QED) is 0.611. The van der Waals surface area contributed by atoms with Gasteiger partial charge in [-0.2, -0.15) is 0 Å². The van der Waals surface area contributed by atoms with Crippen LogP contribution in [0.4, 0.5) is 5.69 Å². The first-order valence-corrected chi connectivity index (χ1v) is 6.10. The smallest absolute Gasteiger partial charge is 0.238 e. The Bertz CT molecular complexity index is 486. The van der Waals surface area contributed by atoms with Crippen molar-refractivity contribution in [1.29, 1.82) is 0 Å². The molecule has 17 heavy (non-hydrogen) atoms. The first kappa shape index (κ1) is 11.2. The number of carbonyl (C=O) groups excluding carboxylic acids is 1. The normalized spacial score (nSPS) is 29.1. The molecular formula is C12H11Cl2NO2. The second-order valence-electron chi connectivity index (χ2n) is 4.55. The molecule has 0 N–H and O–H groups in total. The highest BCUT2D eigenvalue weighted by Gasteiger charge is 2.77. The molecule has 5 heteroatoms. The lowest BCUT2D eigenvalue weighted by molar-refractivity contribution is -0.128. The number of benzene rings is 1. The number of methoxy groups -OCH3 is 1. The van der Waals surface area contributed by atoms with Gasteiger partial charge in [0.25, 0.3) is 0 Å². The average molecular weight is 272 g/mol. The number of carbonyl (C=O) groups is 1. The third kappa shape index (κ3) is 1.39. The summed E-state index contributed by atoms with van der Waals surface area (Å²) in [6, 6.07) is 7.37. The highest BCUT2D eigenvalue weighted by atomic mass is 35.5. The monoisotopic (exact) mass is 271 g/mol. The number of ether oxygens (including phenoxy) is 1. The SMILES string of the molecule is COc1ccc(N2CC3(CC3(Cl)Cl)C2=O)cc1. The van der Waals surface area contributed by atoms with E-state index >= 15 is 0 Å². The summed E-state index contributed by atoms with van der Waals surface area (Å²) in [7, 11) is 1.61. The molecule has 2 fully saturated rings. The Kier molecular flexibility index (Phi) is 2.17. The van der Waals surface area contributed by atoms with Crippen LogP contribution in [0, 0.1) is 5.41 Å². The maximum Gasteiger partial charge on any atom is 0.238 e. The van der Waals surface area contributed by atoms with Crippen LogP contribution in [0.5, 0.6) is 5.75 Å². The molecule has 3 nitrogen and oxygen atoms in total. The highest BCUT2D eigenvalue weighted by Crippen LogP contribution is 2.69. The largest absolute Gasteiger partial charge is 0.497 e. The molecule has 0 bridgehead atoms. The van der Waals surface area contributed by atoms with Gasteiger partial charge in [-0.15, -0.1) is 23.2 Å². The second kappa shape index (κ2) is 3.30. The minimum Gasteiger partial charge on any atom is -0.497 e. The topological polar surface area (TPSA) is 29.5 Å². The third-order valence-electron chi connectivity index (χ3n) is 3.57. The molecule has 1 saturated carbocycles. The lowest BCUT2D eigenvalue weighted by Crippen LogP contribution is -2.56. The lowest BCUT2D eigenvalue weighted by atomic mass is 9.94. The molecule has 1 amide bonds. The summed E-state index contributed by atoms with van der Waals surface area (Å²) in [4.78, 5) is 13.7. The summed E-state index contributed by atoms with van der Waals surface area (Å²) < 4.78 is 4.21. The molecule has 1 atom stereocenters. The Hall–Kier alpha value is -0.930. The van der Waals surface area contributed by atoms with Crippen LogP contribution in [-0.4, -0.2) is 23.9 Å². The molecule has 1 aromatic carbocycles. The summed E-state index contributed by atoms with van der Waals surface area (Å²) in [5.74, 6) is 0.791. The Morgan fingerprint density at radius 1 is 1.29 bits per heavy atom.